The Labute approximate surface area is 233 Å². The number of carboxylic acid groups (broad SMARTS) is 1. The van der Waals surface area contributed by atoms with Crippen molar-refractivity contribution in [1.29, 1.82) is 5.41 Å². The molecule has 0 saturated heterocycles. The van der Waals surface area contributed by atoms with Crippen molar-refractivity contribution >= 4 is 29.8 Å². The number of ether oxygens (including phenoxy) is 3. The van der Waals surface area contributed by atoms with Crippen LogP contribution in [0.2, 0.25) is 0 Å². The molecule has 0 radical (unpaired) electrons. The summed E-state index contributed by atoms with van der Waals surface area (Å²) in [6, 6.07) is 12.5. The summed E-state index contributed by atoms with van der Waals surface area (Å²) in [5.41, 5.74) is 7.16. The Balaban J connectivity index is 0.00000106. The fourth-order valence-electron chi connectivity index (χ4n) is 2.83. The molecule has 41 heavy (non-hydrogen) atoms. The zero-order valence-corrected chi connectivity index (χ0v) is 22.2. The van der Waals surface area contributed by atoms with E-state index in [0.29, 0.717) is 23.3 Å². The highest BCUT2D eigenvalue weighted by Gasteiger charge is 2.38. The number of alkyl carbamates (subject to hydrolysis) is 1. The van der Waals surface area contributed by atoms with Gasteiger partial charge in [-0.15, -0.1) is 0 Å². The van der Waals surface area contributed by atoms with Crippen molar-refractivity contribution in [3.05, 3.63) is 65.2 Å². The molecule has 2 rings (SSSR count). The lowest BCUT2D eigenvalue weighted by Crippen LogP contribution is -2.49. The van der Waals surface area contributed by atoms with Crippen LogP contribution < -0.4 is 21.1 Å². The number of halogens is 3. The average molecular weight is 585 g/mol. The number of nitrogen functional groups attached to an aromatic ring is 1. The fourth-order valence-corrected chi connectivity index (χ4v) is 2.83. The summed E-state index contributed by atoms with van der Waals surface area (Å²) in [5.74, 6) is -3.32. The Morgan fingerprint density at radius 1 is 1.07 bits per heavy atom. The molecular formula is C26H31F3N4O8. The van der Waals surface area contributed by atoms with Gasteiger partial charge in [-0.3, -0.25) is 10.2 Å². The Hall–Kier alpha value is -4.82. The van der Waals surface area contributed by atoms with Gasteiger partial charge in [0.1, 0.15) is 24.2 Å². The summed E-state index contributed by atoms with van der Waals surface area (Å²) in [6.07, 6.45) is -4.27. The molecule has 0 aliphatic heterocycles. The number of amidine groups is 1. The van der Waals surface area contributed by atoms with Crippen molar-refractivity contribution in [1.82, 2.24) is 10.6 Å². The number of carbonyl (C=O) groups is 4. The minimum atomic E-state index is -5.08. The van der Waals surface area contributed by atoms with E-state index in [1.807, 2.05) is 13.0 Å². The molecule has 1 atom stereocenters. The maximum absolute atomic E-state index is 12.6. The second-order valence-corrected chi connectivity index (χ2v) is 8.15. The van der Waals surface area contributed by atoms with E-state index in [-0.39, 0.29) is 25.6 Å². The quantitative estimate of drug-likeness (QED) is 0.108. The Bertz CT molecular complexity index is 1190. The molecule has 0 unspecified atom stereocenters. The lowest BCUT2D eigenvalue weighted by Gasteiger charge is -2.17. The van der Waals surface area contributed by atoms with Gasteiger partial charge >= 0.3 is 24.2 Å². The number of carbonyl (C=O) groups excluding carboxylic acids is 3. The smallest absolute Gasteiger partial charge is 0.489 e. The number of nitrogens with one attached hydrogen (secondary N) is 3. The molecule has 0 heterocycles. The van der Waals surface area contributed by atoms with Crippen LogP contribution in [-0.4, -0.2) is 67.4 Å². The highest BCUT2D eigenvalue weighted by atomic mass is 19.4. The number of aliphatic carboxylic acids is 1. The van der Waals surface area contributed by atoms with Crippen molar-refractivity contribution in [3.63, 3.8) is 0 Å². The van der Waals surface area contributed by atoms with E-state index in [9.17, 15) is 27.6 Å². The van der Waals surface area contributed by atoms with E-state index in [0.717, 1.165) is 12.0 Å². The van der Waals surface area contributed by atoms with Crippen LogP contribution in [0.3, 0.4) is 0 Å². The number of esters is 1. The van der Waals surface area contributed by atoms with Crippen molar-refractivity contribution in [2.75, 3.05) is 20.3 Å². The molecule has 0 aliphatic carbocycles. The van der Waals surface area contributed by atoms with E-state index in [4.69, 9.17) is 35.3 Å². The molecule has 6 N–H and O–H groups in total. The highest BCUT2D eigenvalue weighted by molar-refractivity contribution is 5.95. The van der Waals surface area contributed by atoms with E-state index in [2.05, 4.69) is 10.6 Å². The molecular weight excluding hydrogens is 553 g/mol. The standard InChI is InChI=1S/C24H30N4O6.C2HF3O2/c1-3-4-12-33-24(31)28-20(23(30)32-2)14-27-22(29)18-7-5-6-16(13-18)15-34-19-10-8-17(9-11-19)21(25)26;3-2(4,5)1(6)7/h5-11,13,20H,3-4,12,14-15H2,1-2H3,(H3,25,26)(H,27,29)(H,28,31);(H,6,7)/t20-;/m0./s1. The Kier molecular flexibility index (Phi) is 14.2. The first-order valence-electron chi connectivity index (χ1n) is 12.0. The van der Waals surface area contributed by atoms with Crippen LogP contribution in [0, 0.1) is 5.41 Å². The monoisotopic (exact) mass is 584 g/mol. The molecule has 0 bridgehead atoms. The molecule has 2 aromatic carbocycles. The summed E-state index contributed by atoms with van der Waals surface area (Å²) in [4.78, 5) is 45.3. The van der Waals surface area contributed by atoms with Gasteiger partial charge in [0.2, 0.25) is 0 Å². The highest BCUT2D eigenvalue weighted by Crippen LogP contribution is 2.15. The number of benzene rings is 2. The number of nitrogens with two attached hydrogens (primary N) is 1. The van der Waals surface area contributed by atoms with Crippen molar-refractivity contribution in [3.8, 4) is 5.75 Å². The topological polar surface area (TPSA) is 190 Å². The molecule has 0 saturated carbocycles. The molecule has 224 valence electrons. The molecule has 2 amide bonds. The van der Waals surface area contributed by atoms with Gasteiger partial charge in [-0.05, 0) is 48.4 Å². The zero-order valence-electron chi connectivity index (χ0n) is 22.2. The van der Waals surface area contributed by atoms with Crippen LogP contribution in [0.15, 0.2) is 48.5 Å². The number of methoxy groups -OCH3 is 1. The average Bonchev–Trinajstić information content (AvgIpc) is 2.93. The summed E-state index contributed by atoms with van der Waals surface area (Å²) in [6.45, 7) is 2.24. The first-order chi connectivity index (χ1) is 19.3. The lowest BCUT2D eigenvalue weighted by molar-refractivity contribution is -0.192. The van der Waals surface area contributed by atoms with Crippen molar-refractivity contribution in [2.45, 2.75) is 38.6 Å². The van der Waals surface area contributed by atoms with E-state index in [1.165, 1.54) is 7.11 Å². The number of hydrogen-bond acceptors (Lipinski definition) is 8. The maximum Gasteiger partial charge on any atom is 0.490 e. The Morgan fingerprint density at radius 3 is 2.24 bits per heavy atom. The van der Waals surface area contributed by atoms with Crippen LogP contribution >= 0.6 is 0 Å². The van der Waals surface area contributed by atoms with Gasteiger partial charge < -0.3 is 35.7 Å². The van der Waals surface area contributed by atoms with Gasteiger partial charge in [0, 0.05) is 17.7 Å². The second-order valence-electron chi connectivity index (χ2n) is 8.15. The van der Waals surface area contributed by atoms with Crippen LogP contribution in [0.4, 0.5) is 18.0 Å². The van der Waals surface area contributed by atoms with Crippen LogP contribution in [0.5, 0.6) is 5.75 Å². The number of alkyl halides is 3. The second kappa shape index (κ2) is 17.0. The van der Waals surface area contributed by atoms with Gasteiger partial charge in [-0.1, -0.05) is 25.5 Å². The summed E-state index contributed by atoms with van der Waals surface area (Å²) < 4.78 is 47.2. The van der Waals surface area contributed by atoms with Crippen molar-refractivity contribution in [2.24, 2.45) is 5.73 Å². The third-order valence-electron chi connectivity index (χ3n) is 4.98. The molecule has 0 spiro atoms. The third kappa shape index (κ3) is 13.2. The van der Waals surface area contributed by atoms with Gasteiger partial charge in [0.25, 0.3) is 5.91 Å². The molecule has 15 heteroatoms. The molecule has 12 nitrogen and oxygen atoms in total. The minimum absolute atomic E-state index is 0.0247. The number of amides is 2. The lowest BCUT2D eigenvalue weighted by atomic mass is 10.1. The van der Waals surface area contributed by atoms with Crippen LogP contribution in [0.25, 0.3) is 0 Å². The zero-order chi connectivity index (χ0) is 31.0. The van der Waals surface area contributed by atoms with Gasteiger partial charge in [0.15, 0.2) is 0 Å². The largest absolute Gasteiger partial charge is 0.490 e. The summed E-state index contributed by atoms with van der Waals surface area (Å²) >= 11 is 0. The van der Waals surface area contributed by atoms with E-state index in [1.54, 1.807) is 42.5 Å². The fraction of sp³-hybridized carbons (Fsp3) is 0.346. The molecule has 0 aromatic heterocycles. The summed E-state index contributed by atoms with van der Waals surface area (Å²) in [5, 5.41) is 19.6. The number of unbranched alkanes of at least 4 members (excludes halogenated alkanes) is 1. The normalized spacial score (nSPS) is 11.1. The number of hydrogen-bond donors (Lipinski definition) is 5. The van der Waals surface area contributed by atoms with Crippen LogP contribution in [0.1, 0.15) is 41.3 Å². The van der Waals surface area contributed by atoms with Gasteiger partial charge in [-0.25, -0.2) is 14.4 Å². The van der Waals surface area contributed by atoms with Crippen LogP contribution in [-0.2, 0) is 25.7 Å². The molecule has 0 fully saturated rings. The maximum atomic E-state index is 12.6. The predicted octanol–water partition coefficient (Wildman–Crippen LogP) is 2.98. The SMILES string of the molecule is CCCCOC(=O)N[C@@H](CNC(=O)c1cccc(COc2ccc(C(=N)N)cc2)c1)C(=O)OC.O=C(O)C(F)(F)F. The number of rotatable bonds is 12. The van der Waals surface area contributed by atoms with Crippen molar-refractivity contribution < 1.29 is 51.7 Å². The Morgan fingerprint density at radius 2 is 1.71 bits per heavy atom. The predicted molar refractivity (Wildman–Crippen MR) is 139 cm³/mol. The first kappa shape index (κ1) is 34.2. The summed E-state index contributed by atoms with van der Waals surface area (Å²) in [7, 11) is 1.19. The first-order valence-corrected chi connectivity index (χ1v) is 12.0. The van der Waals surface area contributed by atoms with Gasteiger partial charge in [0.05, 0.1) is 13.7 Å². The molecule has 0 aliphatic rings. The van der Waals surface area contributed by atoms with E-state index < -0.39 is 36.2 Å². The minimum Gasteiger partial charge on any atom is -0.489 e. The van der Waals surface area contributed by atoms with Gasteiger partial charge in [-0.2, -0.15) is 13.2 Å². The van der Waals surface area contributed by atoms with E-state index >= 15 is 0 Å². The number of carboxylic acids is 1. The molecule has 2 aromatic rings. The third-order valence-corrected chi connectivity index (χ3v) is 4.98.